The molecule has 0 fully saturated rings. The van der Waals surface area contributed by atoms with Gasteiger partial charge in [-0.2, -0.15) is 0 Å². The van der Waals surface area contributed by atoms with Gasteiger partial charge in [0.05, 0.1) is 0 Å². The van der Waals surface area contributed by atoms with Gasteiger partial charge in [0.1, 0.15) is 5.82 Å². The van der Waals surface area contributed by atoms with E-state index in [2.05, 4.69) is 9.97 Å². The average Bonchev–Trinajstić information content (AvgIpc) is 2.17. The van der Waals surface area contributed by atoms with Gasteiger partial charge in [-0.05, 0) is 12.5 Å². The Labute approximate surface area is 86.8 Å². The van der Waals surface area contributed by atoms with E-state index in [-0.39, 0.29) is 0 Å². The number of aromatic amines is 1. The molecule has 0 aliphatic carbocycles. The van der Waals surface area contributed by atoms with Crippen LogP contribution in [0.4, 0.5) is 5.82 Å². The van der Waals surface area contributed by atoms with Gasteiger partial charge in [0, 0.05) is 11.8 Å². The number of H-pyrrole nitrogens is 1. The molecule has 0 amide bonds. The van der Waals surface area contributed by atoms with Crippen molar-refractivity contribution in [2.24, 2.45) is 0 Å². The van der Waals surface area contributed by atoms with E-state index in [0.29, 0.717) is 5.82 Å². The van der Waals surface area contributed by atoms with Crippen molar-refractivity contribution in [1.29, 1.82) is 0 Å². The molecule has 0 aliphatic rings. The second-order valence-corrected chi connectivity index (χ2v) is 3.39. The first kappa shape index (κ1) is 9.45. The van der Waals surface area contributed by atoms with Crippen LogP contribution < -0.4 is 11.4 Å². The van der Waals surface area contributed by atoms with Crippen LogP contribution in [0.1, 0.15) is 5.56 Å². The molecule has 2 rings (SSSR count). The number of rotatable bonds is 1. The zero-order chi connectivity index (χ0) is 10.8. The van der Waals surface area contributed by atoms with Crippen LogP contribution in [0.2, 0.25) is 0 Å². The first-order valence-electron chi connectivity index (χ1n) is 4.58. The second-order valence-electron chi connectivity index (χ2n) is 3.39. The Balaban J connectivity index is 2.59. The first-order valence-corrected chi connectivity index (χ1v) is 4.58. The number of nitrogens with one attached hydrogen (secondary N) is 1. The molecule has 15 heavy (non-hydrogen) atoms. The monoisotopic (exact) mass is 201 g/mol. The van der Waals surface area contributed by atoms with Gasteiger partial charge in [-0.25, -0.2) is 9.78 Å². The molecule has 2 aromatic rings. The van der Waals surface area contributed by atoms with Crippen molar-refractivity contribution in [3.63, 3.8) is 0 Å². The summed E-state index contributed by atoms with van der Waals surface area (Å²) in [7, 11) is 0. The largest absolute Gasteiger partial charge is 0.385 e. The van der Waals surface area contributed by atoms with Crippen LogP contribution in [0.5, 0.6) is 0 Å². The Kier molecular flexibility index (Phi) is 2.25. The maximum atomic E-state index is 10.9. The fourth-order valence-corrected chi connectivity index (χ4v) is 1.45. The third kappa shape index (κ3) is 1.88. The number of benzene rings is 1. The van der Waals surface area contributed by atoms with Gasteiger partial charge in [0.2, 0.25) is 0 Å². The van der Waals surface area contributed by atoms with Gasteiger partial charge >= 0.3 is 5.69 Å². The van der Waals surface area contributed by atoms with Crippen molar-refractivity contribution in [2.45, 2.75) is 6.92 Å². The molecule has 0 radical (unpaired) electrons. The van der Waals surface area contributed by atoms with E-state index in [4.69, 9.17) is 5.73 Å². The van der Waals surface area contributed by atoms with Crippen molar-refractivity contribution in [2.75, 3.05) is 5.73 Å². The van der Waals surface area contributed by atoms with E-state index in [0.717, 1.165) is 16.7 Å². The first-order chi connectivity index (χ1) is 7.16. The van der Waals surface area contributed by atoms with Crippen LogP contribution in [0, 0.1) is 6.92 Å². The predicted octanol–water partition coefficient (Wildman–Crippen LogP) is 1.33. The normalized spacial score (nSPS) is 10.2. The molecule has 0 unspecified atom stereocenters. The summed E-state index contributed by atoms with van der Waals surface area (Å²) in [6, 6.07) is 7.86. The molecule has 0 aliphatic heterocycles. The summed E-state index contributed by atoms with van der Waals surface area (Å²) in [6.45, 7) is 2.00. The molecule has 1 aromatic heterocycles. The van der Waals surface area contributed by atoms with E-state index in [9.17, 15) is 4.79 Å². The minimum absolute atomic E-state index is 0.348. The summed E-state index contributed by atoms with van der Waals surface area (Å²) >= 11 is 0. The van der Waals surface area contributed by atoms with Crippen LogP contribution in [0.25, 0.3) is 11.1 Å². The van der Waals surface area contributed by atoms with Crippen LogP contribution in [-0.4, -0.2) is 9.97 Å². The number of nitrogens with two attached hydrogens (primary N) is 1. The van der Waals surface area contributed by atoms with Crippen molar-refractivity contribution in [1.82, 2.24) is 9.97 Å². The highest BCUT2D eigenvalue weighted by Crippen LogP contribution is 2.22. The summed E-state index contributed by atoms with van der Waals surface area (Å²) in [4.78, 5) is 17.0. The van der Waals surface area contributed by atoms with Gasteiger partial charge in [-0.1, -0.05) is 29.8 Å². The maximum Gasteiger partial charge on any atom is 0.346 e. The number of nitrogens with zero attached hydrogens (tertiary/aromatic N) is 1. The third-order valence-corrected chi connectivity index (χ3v) is 2.17. The molecule has 0 atom stereocenters. The van der Waals surface area contributed by atoms with Crippen LogP contribution >= 0.6 is 0 Å². The lowest BCUT2D eigenvalue weighted by molar-refractivity contribution is 1.09. The average molecular weight is 201 g/mol. The van der Waals surface area contributed by atoms with Crippen LogP contribution in [0.3, 0.4) is 0 Å². The van der Waals surface area contributed by atoms with E-state index in [1.54, 1.807) is 0 Å². The lowest BCUT2D eigenvalue weighted by Crippen LogP contribution is -2.12. The Morgan fingerprint density at radius 2 is 2.20 bits per heavy atom. The van der Waals surface area contributed by atoms with Gasteiger partial charge < -0.3 is 5.73 Å². The summed E-state index contributed by atoms with van der Waals surface area (Å²) < 4.78 is 0. The number of anilines is 1. The highest BCUT2D eigenvalue weighted by molar-refractivity contribution is 5.72. The summed E-state index contributed by atoms with van der Waals surface area (Å²) in [5.41, 5.74) is 8.12. The molecule has 1 aromatic carbocycles. The molecule has 3 N–H and O–H groups in total. The zero-order valence-corrected chi connectivity index (χ0v) is 8.32. The SMILES string of the molecule is Cc1cccc(-c2cnc(=O)[nH]c2N)c1. The highest BCUT2D eigenvalue weighted by atomic mass is 16.1. The standard InChI is InChI=1S/C11H11N3O/c1-7-3-2-4-8(5-7)9-6-13-11(15)14-10(9)12/h2-6H,1H3,(H3,12,13,14,15). The molecular weight excluding hydrogens is 190 g/mol. The topological polar surface area (TPSA) is 71.8 Å². The Bertz CT molecular complexity index is 546. The molecule has 1 heterocycles. The maximum absolute atomic E-state index is 10.9. The number of nitrogen functional groups attached to an aromatic ring is 1. The number of aromatic nitrogens is 2. The summed E-state index contributed by atoms with van der Waals surface area (Å²) in [5, 5.41) is 0. The lowest BCUT2D eigenvalue weighted by atomic mass is 10.1. The number of hydrogen-bond acceptors (Lipinski definition) is 3. The van der Waals surface area contributed by atoms with Crippen LogP contribution in [-0.2, 0) is 0 Å². The van der Waals surface area contributed by atoms with Crippen molar-refractivity contribution in [3.8, 4) is 11.1 Å². The molecule has 4 nitrogen and oxygen atoms in total. The quantitative estimate of drug-likeness (QED) is 0.731. The van der Waals surface area contributed by atoms with E-state index in [1.807, 2.05) is 31.2 Å². The van der Waals surface area contributed by atoms with E-state index < -0.39 is 5.69 Å². The van der Waals surface area contributed by atoms with Gasteiger partial charge in [-0.15, -0.1) is 0 Å². The smallest absolute Gasteiger partial charge is 0.346 e. The Morgan fingerprint density at radius 1 is 1.40 bits per heavy atom. The van der Waals surface area contributed by atoms with E-state index >= 15 is 0 Å². The summed E-state index contributed by atoms with van der Waals surface area (Å²) in [6.07, 6.45) is 1.49. The predicted molar refractivity (Wildman–Crippen MR) is 59.4 cm³/mol. The molecule has 0 saturated heterocycles. The lowest BCUT2D eigenvalue weighted by Gasteiger charge is -2.04. The van der Waals surface area contributed by atoms with Crippen LogP contribution in [0.15, 0.2) is 35.3 Å². The minimum atomic E-state index is -0.427. The number of aryl methyl sites for hydroxylation is 1. The minimum Gasteiger partial charge on any atom is -0.385 e. The summed E-state index contributed by atoms with van der Waals surface area (Å²) in [5.74, 6) is 0.348. The molecule has 0 spiro atoms. The number of hydrogen-bond donors (Lipinski definition) is 2. The van der Waals surface area contributed by atoms with Gasteiger partial charge in [0.25, 0.3) is 0 Å². The van der Waals surface area contributed by atoms with Gasteiger partial charge in [0.15, 0.2) is 0 Å². The Morgan fingerprint density at radius 3 is 2.87 bits per heavy atom. The van der Waals surface area contributed by atoms with E-state index in [1.165, 1.54) is 6.20 Å². The van der Waals surface area contributed by atoms with Crippen molar-refractivity contribution in [3.05, 3.63) is 46.5 Å². The Hall–Kier alpha value is -2.10. The molecule has 76 valence electrons. The van der Waals surface area contributed by atoms with Gasteiger partial charge in [-0.3, -0.25) is 4.98 Å². The highest BCUT2D eigenvalue weighted by Gasteiger charge is 2.03. The second kappa shape index (κ2) is 3.57. The molecular formula is C11H11N3O. The third-order valence-electron chi connectivity index (χ3n) is 2.17. The zero-order valence-electron chi connectivity index (χ0n) is 8.32. The van der Waals surface area contributed by atoms with Crippen molar-refractivity contribution < 1.29 is 0 Å². The fraction of sp³-hybridized carbons (Fsp3) is 0.0909. The molecule has 0 saturated carbocycles. The molecule has 4 heteroatoms. The fourth-order valence-electron chi connectivity index (χ4n) is 1.45. The van der Waals surface area contributed by atoms with Crippen molar-refractivity contribution >= 4 is 5.82 Å². The molecule has 0 bridgehead atoms.